The molecule has 2 fully saturated rings. The van der Waals surface area contributed by atoms with E-state index < -0.39 is 0 Å². The van der Waals surface area contributed by atoms with Gasteiger partial charge in [0.1, 0.15) is 0 Å². The van der Waals surface area contributed by atoms with Gasteiger partial charge in [0, 0.05) is 48.8 Å². The number of nitrogens with one attached hydrogen (secondary N) is 1. The monoisotopic (exact) mass is 383 g/mol. The maximum Gasteiger partial charge on any atom is 0.234 e. The smallest absolute Gasteiger partial charge is 0.234 e. The Morgan fingerprint density at radius 2 is 1.74 bits per heavy atom. The van der Waals surface area contributed by atoms with Crippen LogP contribution in [0.5, 0.6) is 0 Å². The third kappa shape index (κ3) is 4.45. The van der Waals surface area contributed by atoms with Gasteiger partial charge in [0.05, 0.1) is 6.54 Å². The summed E-state index contributed by atoms with van der Waals surface area (Å²) in [5.74, 6) is 0.133. The van der Waals surface area contributed by atoms with Crippen molar-refractivity contribution in [2.45, 2.75) is 18.3 Å². The second-order valence-electron chi connectivity index (χ2n) is 7.67. The lowest BCUT2D eigenvalue weighted by Crippen LogP contribution is -2.50. The molecule has 142 valence electrons. The Labute approximate surface area is 166 Å². The molecule has 2 aromatic rings. The van der Waals surface area contributed by atoms with Gasteiger partial charge in [0.25, 0.3) is 0 Å². The molecule has 4 rings (SSSR count). The van der Waals surface area contributed by atoms with Crippen LogP contribution in [0.15, 0.2) is 54.6 Å². The van der Waals surface area contributed by atoms with Crippen LogP contribution < -0.4 is 10.2 Å². The number of rotatable bonds is 6. The summed E-state index contributed by atoms with van der Waals surface area (Å²) in [6.45, 7) is 4.85. The summed E-state index contributed by atoms with van der Waals surface area (Å²) in [5, 5.41) is 3.94. The molecule has 1 saturated heterocycles. The Bertz CT molecular complexity index is 783. The van der Waals surface area contributed by atoms with E-state index in [2.05, 4.69) is 45.4 Å². The molecule has 4 nitrogen and oxygen atoms in total. The summed E-state index contributed by atoms with van der Waals surface area (Å²) in [4.78, 5) is 17.0. The number of piperazine rings is 1. The Hall–Kier alpha value is -2.04. The Morgan fingerprint density at radius 1 is 1.00 bits per heavy atom. The summed E-state index contributed by atoms with van der Waals surface area (Å²) >= 11 is 6.09. The van der Waals surface area contributed by atoms with Gasteiger partial charge in [-0.1, -0.05) is 48.0 Å². The van der Waals surface area contributed by atoms with Gasteiger partial charge in [-0.3, -0.25) is 9.69 Å². The lowest BCUT2D eigenvalue weighted by molar-refractivity contribution is -0.122. The second-order valence-corrected chi connectivity index (χ2v) is 8.10. The molecular formula is C22H26ClN3O. The number of amides is 1. The van der Waals surface area contributed by atoms with Crippen molar-refractivity contribution in [1.29, 1.82) is 0 Å². The lowest BCUT2D eigenvalue weighted by Gasteiger charge is -2.35. The van der Waals surface area contributed by atoms with Crippen molar-refractivity contribution in [2.24, 2.45) is 0 Å². The molecule has 0 spiro atoms. The first-order chi connectivity index (χ1) is 13.1. The predicted molar refractivity (Wildman–Crippen MR) is 110 cm³/mol. The van der Waals surface area contributed by atoms with Crippen LogP contribution in [-0.4, -0.2) is 50.1 Å². The Kier molecular flexibility index (Phi) is 5.37. The zero-order valence-electron chi connectivity index (χ0n) is 15.5. The van der Waals surface area contributed by atoms with Gasteiger partial charge >= 0.3 is 0 Å². The van der Waals surface area contributed by atoms with Gasteiger partial charge < -0.3 is 10.2 Å². The van der Waals surface area contributed by atoms with Crippen LogP contribution in [0.1, 0.15) is 18.4 Å². The molecule has 1 aliphatic heterocycles. The van der Waals surface area contributed by atoms with Gasteiger partial charge in [-0.15, -0.1) is 0 Å². The molecule has 1 N–H and O–H groups in total. The molecular weight excluding hydrogens is 358 g/mol. The number of halogens is 1. The molecule has 1 saturated carbocycles. The van der Waals surface area contributed by atoms with Gasteiger partial charge in [-0.25, -0.2) is 0 Å². The fraction of sp³-hybridized carbons (Fsp3) is 0.409. The lowest BCUT2D eigenvalue weighted by atomic mass is 9.96. The highest BCUT2D eigenvalue weighted by Gasteiger charge is 2.44. The standard InChI is InChI=1S/C22H26ClN3O/c23-19-7-4-8-20(15-19)26-13-11-25(12-14-26)16-21(27)24-17-22(9-10-22)18-5-2-1-3-6-18/h1-8,15H,9-14,16-17H2,(H,24,27). The van der Waals surface area contributed by atoms with Crippen LogP contribution >= 0.6 is 11.6 Å². The van der Waals surface area contributed by atoms with Crippen LogP contribution in [0.2, 0.25) is 5.02 Å². The van der Waals surface area contributed by atoms with Crippen molar-refractivity contribution in [2.75, 3.05) is 44.2 Å². The molecule has 2 aliphatic rings. The van der Waals surface area contributed by atoms with Crippen LogP contribution in [0.25, 0.3) is 0 Å². The van der Waals surface area contributed by atoms with E-state index in [9.17, 15) is 4.79 Å². The van der Waals surface area contributed by atoms with Crippen molar-refractivity contribution in [3.05, 3.63) is 65.2 Å². The van der Waals surface area contributed by atoms with E-state index in [0.29, 0.717) is 6.54 Å². The third-order valence-electron chi connectivity index (χ3n) is 5.78. The van der Waals surface area contributed by atoms with Gasteiger partial charge in [0.15, 0.2) is 0 Å². The minimum atomic E-state index is 0.133. The average Bonchev–Trinajstić information content (AvgIpc) is 3.49. The van der Waals surface area contributed by atoms with Crippen LogP contribution in [0, 0.1) is 0 Å². The highest BCUT2D eigenvalue weighted by atomic mass is 35.5. The van der Waals surface area contributed by atoms with Gasteiger partial charge in [-0.05, 0) is 36.6 Å². The molecule has 0 atom stereocenters. The van der Waals surface area contributed by atoms with E-state index in [4.69, 9.17) is 11.6 Å². The summed E-state index contributed by atoms with van der Waals surface area (Å²) in [6, 6.07) is 18.5. The number of carbonyl (C=O) groups excluding carboxylic acids is 1. The SMILES string of the molecule is O=C(CN1CCN(c2cccc(Cl)c2)CC1)NCC1(c2ccccc2)CC1. The first kappa shape index (κ1) is 18.3. The number of hydrogen-bond acceptors (Lipinski definition) is 3. The zero-order chi connectivity index (χ0) is 18.7. The molecule has 1 heterocycles. The quantitative estimate of drug-likeness (QED) is 0.831. The minimum absolute atomic E-state index is 0.133. The maximum atomic E-state index is 12.4. The first-order valence-corrected chi connectivity index (χ1v) is 10.1. The molecule has 1 amide bonds. The third-order valence-corrected chi connectivity index (χ3v) is 6.01. The molecule has 0 bridgehead atoms. The average molecular weight is 384 g/mol. The van der Waals surface area contributed by atoms with E-state index >= 15 is 0 Å². The highest BCUT2D eigenvalue weighted by molar-refractivity contribution is 6.30. The minimum Gasteiger partial charge on any atom is -0.369 e. The number of carbonyl (C=O) groups is 1. The van der Waals surface area contributed by atoms with Crippen molar-refractivity contribution in [3.63, 3.8) is 0 Å². The molecule has 27 heavy (non-hydrogen) atoms. The molecule has 0 unspecified atom stereocenters. The molecule has 0 radical (unpaired) electrons. The predicted octanol–water partition coefficient (Wildman–Crippen LogP) is 3.31. The largest absolute Gasteiger partial charge is 0.369 e. The molecule has 2 aromatic carbocycles. The molecule has 1 aliphatic carbocycles. The Morgan fingerprint density at radius 3 is 2.41 bits per heavy atom. The van der Waals surface area contributed by atoms with Crippen LogP contribution in [0.4, 0.5) is 5.69 Å². The van der Waals surface area contributed by atoms with Crippen LogP contribution in [0.3, 0.4) is 0 Å². The van der Waals surface area contributed by atoms with Crippen molar-refractivity contribution in [1.82, 2.24) is 10.2 Å². The summed E-state index contributed by atoms with van der Waals surface area (Å²) in [7, 11) is 0. The van der Waals surface area contributed by atoms with E-state index in [1.807, 2.05) is 24.3 Å². The maximum absolute atomic E-state index is 12.4. The number of anilines is 1. The van der Waals surface area contributed by atoms with E-state index in [0.717, 1.165) is 56.3 Å². The zero-order valence-corrected chi connectivity index (χ0v) is 16.3. The summed E-state index contributed by atoms with van der Waals surface area (Å²) in [5.41, 5.74) is 2.67. The van der Waals surface area contributed by atoms with E-state index in [1.54, 1.807) is 0 Å². The van der Waals surface area contributed by atoms with Gasteiger partial charge in [-0.2, -0.15) is 0 Å². The fourth-order valence-electron chi connectivity index (χ4n) is 3.87. The highest BCUT2D eigenvalue weighted by Crippen LogP contribution is 2.47. The fourth-order valence-corrected chi connectivity index (χ4v) is 4.06. The second kappa shape index (κ2) is 7.91. The number of nitrogens with zero attached hydrogens (tertiary/aromatic N) is 2. The Balaban J connectivity index is 1.23. The van der Waals surface area contributed by atoms with Crippen molar-refractivity contribution < 1.29 is 4.79 Å². The van der Waals surface area contributed by atoms with E-state index in [-0.39, 0.29) is 11.3 Å². The molecule has 5 heteroatoms. The number of benzene rings is 2. The number of hydrogen-bond donors (Lipinski definition) is 1. The molecule has 0 aromatic heterocycles. The van der Waals surface area contributed by atoms with Crippen LogP contribution in [-0.2, 0) is 10.2 Å². The van der Waals surface area contributed by atoms with E-state index in [1.165, 1.54) is 5.56 Å². The topological polar surface area (TPSA) is 35.6 Å². The van der Waals surface area contributed by atoms with Gasteiger partial charge in [0.2, 0.25) is 5.91 Å². The summed E-state index contributed by atoms with van der Waals surface area (Å²) in [6.07, 6.45) is 2.32. The first-order valence-electron chi connectivity index (χ1n) is 9.70. The van der Waals surface area contributed by atoms with Crippen molar-refractivity contribution >= 4 is 23.2 Å². The van der Waals surface area contributed by atoms with Crippen molar-refractivity contribution in [3.8, 4) is 0 Å². The normalized spacial score (nSPS) is 18.9. The summed E-state index contributed by atoms with van der Waals surface area (Å²) < 4.78 is 0.